The zero-order valence-corrected chi connectivity index (χ0v) is 6.56. The highest BCUT2D eigenvalue weighted by Gasteiger charge is 1.97. The van der Waals surface area contributed by atoms with Crippen molar-refractivity contribution in [3.63, 3.8) is 0 Å². The molecule has 0 spiro atoms. The van der Waals surface area contributed by atoms with Gasteiger partial charge >= 0.3 is 0 Å². The normalized spacial score (nSPS) is 12.2. The van der Waals surface area contributed by atoms with E-state index >= 15 is 0 Å². The van der Waals surface area contributed by atoms with Gasteiger partial charge in [0, 0.05) is 7.11 Å². The van der Waals surface area contributed by atoms with Gasteiger partial charge in [-0.3, -0.25) is 9.98 Å². The van der Waals surface area contributed by atoms with Crippen LogP contribution in [0, 0.1) is 0 Å². The summed E-state index contributed by atoms with van der Waals surface area (Å²) in [5, 5.41) is 0.233. The summed E-state index contributed by atoms with van der Waals surface area (Å²) in [5.41, 5.74) is 0.499. The number of methoxy groups -OCH3 is 1. The second-order valence-corrected chi connectivity index (χ2v) is 1.84. The van der Waals surface area contributed by atoms with E-state index in [2.05, 4.69) is 23.4 Å². The fraction of sp³-hybridized carbons (Fsp3) is 0.333. The molecule has 0 aromatic rings. The highest BCUT2D eigenvalue weighted by Crippen LogP contribution is 2.10. The lowest BCUT2D eigenvalue weighted by Gasteiger charge is -1.98. The third kappa shape index (κ3) is 2.75. The maximum Gasteiger partial charge on any atom is 0.152 e. The molecule has 0 fully saturated rings. The van der Waals surface area contributed by atoms with Gasteiger partial charge in [0.05, 0.1) is 6.61 Å². The van der Waals surface area contributed by atoms with E-state index in [-0.39, 0.29) is 5.16 Å². The van der Waals surface area contributed by atoms with Crippen LogP contribution in [-0.2, 0) is 4.74 Å². The molecule has 0 aliphatic heterocycles. The third-order valence-electron chi connectivity index (χ3n) is 0.849. The van der Waals surface area contributed by atoms with Gasteiger partial charge in [-0.25, -0.2) is 0 Å². The van der Waals surface area contributed by atoms with Gasteiger partial charge in [-0.05, 0) is 13.4 Å². The van der Waals surface area contributed by atoms with Gasteiger partial charge in [0.1, 0.15) is 5.70 Å². The smallest absolute Gasteiger partial charge is 0.152 e. The van der Waals surface area contributed by atoms with Crippen molar-refractivity contribution in [1.82, 2.24) is 0 Å². The number of nitrogens with zero attached hydrogens (tertiary/aromatic N) is 2. The highest BCUT2D eigenvalue weighted by atomic mass is 35.5. The van der Waals surface area contributed by atoms with Gasteiger partial charge in [0.25, 0.3) is 0 Å². The molecule has 10 heavy (non-hydrogen) atoms. The Bertz CT molecular complexity index is 165. The van der Waals surface area contributed by atoms with E-state index in [1.165, 1.54) is 0 Å². The molecule has 0 bridgehead atoms. The Balaban J connectivity index is 4.28. The quantitative estimate of drug-likeness (QED) is 0.453. The molecule has 0 aromatic heterocycles. The summed E-state index contributed by atoms with van der Waals surface area (Å²) in [4.78, 5) is 7.05. The number of aliphatic imine (C=N–C) groups is 2. The van der Waals surface area contributed by atoms with E-state index < -0.39 is 0 Å². The number of hydrogen-bond donors (Lipinski definition) is 0. The van der Waals surface area contributed by atoms with Crippen LogP contribution in [0.1, 0.15) is 0 Å². The van der Waals surface area contributed by atoms with Gasteiger partial charge in [-0.2, -0.15) is 0 Å². The van der Waals surface area contributed by atoms with Crippen LogP contribution in [0.15, 0.2) is 20.8 Å². The van der Waals surface area contributed by atoms with Gasteiger partial charge in [-0.1, -0.05) is 11.6 Å². The van der Waals surface area contributed by atoms with Crippen LogP contribution in [0.3, 0.4) is 0 Å². The van der Waals surface area contributed by atoms with E-state index in [1.54, 1.807) is 7.11 Å². The number of hydrogen-bond acceptors (Lipinski definition) is 3. The van der Waals surface area contributed by atoms with Crippen LogP contribution in [-0.4, -0.2) is 27.2 Å². The monoisotopic (exact) mass is 160 g/mol. The van der Waals surface area contributed by atoms with Crippen molar-refractivity contribution in [2.24, 2.45) is 9.98 Å². The molecule has 0 aliphatic carbocycles. The van der Waals surface area contributed by atoms with Crippen LogP contribution < -0.4 is 0 Å². The molecule has 0 unspecified atom stereocenters. The Hall–Kier alpha value is -0.670. The van der Waals surface area contributed by atoms with Crippen molar-refractivity contribution in [2.75, 3.05) is 13.7 Å². The molecule has 0 amide bonds. The molecule has 0 aliphatic rings. The zero-order valence-electron chi connectivity index (χ0n) is 5.80. The standard InChI is InChI=1S/C6H9ClN2O/c1-8-5(4-10-3)6(7)9-2/h1-2,4H2,3H3/b6-5-. The predicted octanol–water partition coefficient (Wildman–Crippen LogP) is 1.44. The lowest BCUT2D eigenvalue weighted by atomic mass is 10.5. The van der Waals surface area contributed by atoms with Crippen molar-refractivity contribution < 1.29 is 4.74 Å². The predicted molar refractivity (Wildman–Crippen MR) is 43.9 cm³/mol. The molecule has 0 saturated carbocycles. The lowest BCUT2D eigenvalue weighted by molar-refractivity contribution is 0.224. The van der Waals surface area contributed by atoms with Crippen LogP contribution in [0.25, 0.3) is 0 Å². The lowest BCUT2D eigenvalue weighted by Crippen LogP contribution is -1.92. The second-order valence-electron chi connectivity index (χ2n) is 1.49. The summed E-state index contributed by atoms with van der Waals surface area (Å²) in [5.74, 6) is 0. The molecule has 0 saturated heterocycles. The summed E-state index contributed by atoms with van der Waals surface area (Å²) >= 11 is 5.55. The molecule has 4 heteroatoms. The number of ether oxygens (including phenoxy) is 1. The topological polar surface area (TPSA) is 34.0 Å². The minimum atomic E-state index is 0.233. The van der Waals surface area contributed by atoms with E-state index in [1.807, 2.05) is 0 Å². The SMILES string of the molecule is C=N/C(Cl)=C(/COC)N=C. The minimum Gasteiger partial charge on any atom is -0.378 e. The summed E-state index contributed by atoms with van der Waals surface area (Å²) in [6, 6.07) is 0. The summed E-state index contributed by atoms with van der Waals surface area (Å²) < 4.78 is 4.75. The van der Waals surface area contributed by atoms with Crippen LogP contribution >= 0.6 is 11.6 Å². The van der Waals surface area contributed by atoms with Crippen molar-refractivity contribution in [3.05, 3.63) is 10.9 Å². The van der Waals surface area contributed by atoms with Gasteiger partial charge < -0.3 is 4.74 Å². The molecule has 0 N–H and O–H groups in total. The van der Waals surface area contributed by atoms with Crippen molar-refractivity contribution in [1.29, 1.82) is 0 Å². The van der Waals surface area contributed by atoms with Crippen molar-refractivity contribution >= 4 is 25.0 Å². The molecular formula is C6H9ClN2O. The fourth-order valence-corrected chi connectivity index (χ4v) is 0.513. The molecule has 0 atom stereocenters. The van der Waals surface area contributed by atoms with E-state index in [4.69, 9.17) is 16.3 Å². The van der Waals surface area contributed by atoms with Crippen LogP contribution in [0.4, 0.5) is 0 Å². The Kier molecular flexibility index (Phi) is 4.80. The number of halogens is 1. The first-order chi connectivity index (χ1) is 4.76. The first kappa shape index (κ1) is 9.33. The average molecular weight is 161 g/mol. The molecule has 0 aromatic carbocycles. The van der Waals surface area contributed by atoms with Gasteiger partial charge in [0.2, 0.25) is 0 Å². The summed E-state index contributed by atoms with van der Waals surface area (Å²) in [7, 11) is 1.54. The minimum absolute atomic E-state index is 0.233. The molecule has 0 radical (unpaired) electrons. The fourth-order valence-electron chi connectivity index (χ4n) is 0.398. The van der Waals surface area contributed by atoms with Crippen molar-refractivity contribution in [2.45, 2.75) is 0 Å². The molecule has 3 nitrogen and oxygen atoms in total. The number of rotatable bonds is 4. The third-order valence-corrected chi connectivity index (χ3v) is 1.19. The van der Waals surface area contributed by atoms with E-state index in [0.29, 0.717) is 12.3 Å². The maximum atomic E-state index is 5.55. The Labute approximate surface area is 65.1 Å². The largest absolute Gasteiger partial charge is 0.378 e. The van der Waals surface area contributed by atoms with E-state index in [0.717, 1.165) is 0 Å². The molecular weight excluding hydrogens is 152 g/mol. The van der Waals surface area contributed by atoms with Crippen LogP contribution in [0.5, 0.6) is 0 Å². The first-order valence-corrected chi connectivity index (χ1v) is 2.95. The Morgan fingerprint density at radius 2 is 2.10 bits per heavy atom. The average Bonchev–Trinajstić information content (AvgIpc) is 1.99. The molecule has 56 valence electrons. The molecule has 0 heterocycles. The summed E-state index contributed by atoms with van der Waals surface area (Å²) in [6.45, 7) is 6.82. The first-order valence-electron chi connectivity index (χ1n) is 2.57. The second kappa shape index (κ2) is 5.14. The van der Waals surface area contributed by atoms with Gasteiger partial charge in [-0.15, -0.1) is 0 Å². The van der Waals surface area contributed by atoms with Gasteiger partial charge in [0.15, 0.2) is 5.16 Å². The van der Waals surface area contributed by atoms with Crippen LogP contribution in [0.2, 0.25) is 0 Å². The van der Waals surface area contributed by atoms with E-state index in [9.17, 15) is 0 Å². The summed E-state index contributed by atoms with van der Waals surface area (Å²) in [6.07, 6.45) is 0. The molecule has 0 rings (SSSR count). The zero-order chi connectivity index (χ0) is 7.98. The van der Waals surface area contributed by atoms with Crippen molar-refractivity contribution in [3.8, 4) is 0 Å². The maximum absolute atomic E-state index is 5.55. The Morgan fingerprint density at radius 3 is 2.40 bits per heavy atom. The highest BCUT2D eigenvalue weighted by molar-refractivity contribution is 6.30. The Morgan fingerprint density at radius 1 is 1.50 bits per heavy atom.